The van der Waals surface area contributed by atoms with Crippen molar-refractivity contribution in [3.05, 3.63) is 29.0 Å². The number of pyridine rings is 2. The Hall–Kier alpha value is -1.20. The summed E-state index contributed by atoms with van der Waals surface area (Å²) in [5, 5.41) is 0. The quantitative estimate of drug-likeness (QED) is 0.754. The number of aromatic nitrogens is 2. The summed E-state index contributed by atoms with van der Waals surface area (Å²) < 4.78 is 6.23. The third-order valence-electron chi connectivity index (χ3n) is 3.75. The molecule has 2 aromatic rings. The van der Waals surface area contributed by atoms with Crippen LogP contribution in [0.15, 0.2) is 29.0 Å². The largest absolute Gasteiger partial charge is 0.383 e. The Morgan fingerprint density at radius 2 is 2.05 bits per heavy atom. The predicted molar refractivity (Wildman–Crippen MR) is 90.8 cm³/mol. The van der Waals surface area contributed by atoms with Crippen molar-refractivity contribution in [2.75, 3.05) is 25.2 Å². The lowest BCUT2D eigenvalue weighted by Crippen LogP contribution is -2.37. The number of anilines is 1. The Kier molecular flexibility index (Phi) is 5.94. The van der Waals surface area contributed by atoms with E-state index in [0.29, 0.717) is 12.6 Å². The van der Waals surface area contributed by atoms with Crippen molar-refractivity contribution in [2.45, 2.75) is 32.7 Å². The number of ether oxygens (including phenoxy) is 1. The molecule has 0 aliphatic heterocycles. The van der Waals surface area contributed by atoms with Gasteiger partial charge in [-0.2, -0.15) is 0 Å². The van der Waals surface area contributed by atoms with Crippen molar-refractivity contribution in [3.8, 4) is 0 Å². The van der Waals surface area contributed by atoms with E-state index in [2.05, 4.69) is 50.7 Å². The van der Waals surface area contributed by atoms with E-state index in [-0.39, 0.29) is 0 Å². The molecule has 0 saturated carbocycles. The maximum Gasteiger partial charge on any atom is 0.112 e. The summed E-state index contributed by atoms with van der Waals surface area (Å²) in [6.45, 7) is 6.01. The van der Waals surface area contributed by atoms with Crippen molar-refractivity contribution in [1.82, 2.24) is 9.97 Å². The molecule has 0 saturated heterocycles. The molecule has 2 rings (SSSR count). The third kappa shape index (κ3) is 3.71. The van der Waals surface area contributed by atoms with E-state index in [9.17, 15) is 0 Å². The molecule has 0 spiro atoms. The number of hydrogen-bond donors (Lipinski definition) is 0. The Bertz CT molecular complexity index is 587. The molecule has 0 bridgehead atoms. The Balaban J connectivity index is 2.47. The predicted octanol–water partition coefficient (Wildman–Crippen LogP) is 4.03. The summed E-state index contributed by atoms with van der Waals surface area (Å²) in [5.41, 5.74) is 3.00. The van der Waals surface area contributed by atoms with Crippen LogP contribution in [0.2, 0.25) is 0 Å². The lowest BCUT2D eigenvalue weighted by atomic mass is 10.1. The van der Waals surface area contributed by atoms with Crippen LogP contribution in [0, 0.1) is 0 Å². The highest BCUT2D eigenvalue weighted by Gasteiger charge is 2.18. The number of fused-ring (bicyclic) bond motifs is 1. The molecule has 0 radical (unpaired) electrons. The van der Waals surface area contributed by atoms with Gasteiger partial charge in [0.2, 0.25) is 0 Å². The zero-order chi connectivity index (χ0) is 15.2. The first-order chi connectivity index (χ1) is 10.2. The molecule has 0 N–H and O–H groups in total. The van der Waals surface area contributed by atoms with Crippen LogP contribution < -0.4 is 4.90 Å². The van der Waals surface area contributed by atoms with Gasteiger partial charge in [0.25, 0.3) is 0 Å². The van der Waals surface area contributed by atoms with E-state index in [4.69, 9.17) is 4.74 Å². The molecule has 0 amide bonds. The molecule has 4 nitrogen and oxygen atoms in total. The van der Waals surface area contributed by atoms with Gasteiger partial charge in [-0.05, 0) is 40.9 Å². The van der Waals surface area contributed by atoms with Crippen LogP contribution in [0.3, 0.4) is 0 Å². The Labute approximate surface area is 134 Å². The summed E-state index contributed by atoms with van der Waals surface area (Å²) in [6, 6.07) is 4.54. The number of nitrogens with zero attached hydrogens (tertiary/aromatic N) is 3. The van der Waals surface area contributed by atoms with Crippen molar-refractivity contribution < 1.29 is 4.74 Å². The van der Waals surface area contributed by atoms with Gasteiger partial charge in [0.05, 0.1) is 17.8 Å². The second-order valence-corrected chi connectivity index (χ2v) is 5.92. The van der Waals surface area contributed by atoms with Crippen LogP contribution in [0.5, 0.6) is 0 Å². The van der Waals surface area contributed by atoms with Crippen molar-refractivity contribution in [2.24, 2.45) is 0 Å². The molecule has 0 atom stereocenters. The first-order valence-corrected chi connectivity index (χ1v) is 8.16. The molecule has 0 aromatic carbocycles. The van der Waals surface area contributed by atoms with E-state index in [1.807, 2.05) is 18.5 Å². The Morgan fingerprint density at radius 3 is 2.71 bits per heavy atom. The van der Waals surface area contributed by atoms with Crippen LogP contribution in [-0.2, 0) is 4.74 Å². The van der Waals surface area contributed by atoms with Gasteiger partial charge in [0.15, 0.2) is 0 Å². The molecule has 0 fully saturated rings. The zero-order valence-electron chi connectivity index (χ0n) is 12.8. The van der Waals surface area contributed by atoms with Gasteiger partial charge in [0.1, 0.15) is 5.52 Å². The van der Waals surface area contributed by atoms with Crippen LogP contribution in [0.1, 0.15) is 26.7 Å². The van der Waals surface area contributed by atoms with E-state index >= 15 is 0 Å². The van der Waals surface area contributed by atoms with Gasteiger partial charge in [-0.25, -0.2) is 0 Å². The summed E-state index contributed by atoms with van der Waals surface area (Å²) in [7, 11) is 1.74. The van der Waals surface area contributed by atoms with E-state index in [0.717, 1.165) is 40.6 Å². The monoisotopic (exact) mass is 351 g/mol. The van der Waals surface area contributed by atoms with Crippen LogP contribution >= 0.6 is 15.9 Å². The number of methoxy groups -OCH3 is 1. The smallest absolute Gasteiger partial charge is 0.112 e. The summed E-state index contributed by atoms with van der Waals surface area (Å²) in [4.78, 5) is 11.4. The van der Waals surface area contributed by atoms with Gasteiger partial charge in [-0.1, -0.05) is 13.8 Å². The highest BCUT2D eigenvalue weighted by Crippen LogP contribution is 2.28. The molecule has 114 valence electrons. The summed E-state index contributed by atoms with van der Waals surface area (Å²) in [6.07, 6.45) is 5.88. The zero-order valence-corrected chi connectivity index (χ0v) is 14.4. The number of halogens is 1. The average molecular weight is 352 g/mol. The van der Waals surface area contributed by atoms with Gasteiger partial charge < -0.3 is 9.64 Å². The second kappa shape index (κ2) is 7.71. The minimum atomic E-state index is 0.483. The highest BCUT2D eigenvalue weighted by atomic mass is 79.9. The van der Waals surface area contributed by atoms with Crippen LogP contribution in [0.4, 0.5) is 5.69 Å². The lowest BCUT2D eigenvalue weighted by molar-refractivity contribution is 0.202. The molecular weight excluding hydrogens is 330 g/mol. The van der Waals surface area contributed by atoms with E-state index in [1.165, 1.54) is 0 Å². The van der Waals surface area contributed by atoms with Crippen molar-refractivity contribution >= 4 is 32.7 Å². The molecular formula is C16H22BrN3O. The topological polar surface area (TPSA) is 38.2 Å². The number of hydrogen-bond acceptors (Lipinski definition) is 4. The molecule has 0 aliphatic rings. The van der Waals surface area contributed by atoms with Gasteiger partial charge in [0, 0.05) is 36.6 Å². The molecule has 2 heterocycles. The normalized spacial score (nSPS) is 11.3. The molecule has 5 heteroatoms. The summed E-state index contributed by atoms with van der Waals surface area (Å²) in [5.74, 6) is 0. The van der Waals surface area contributed by atoms with Gasteiger partial charge in [-0.15, -0.1) is 0 Å². The fourth-order valence-electron chi connectivity index (χ4n) is 2.64. The average Bonchev–Trinajstić information content (AvgIpc) is 2.50. The maximum absolute atomic E-state index is 5.28. The van der Waals surface area contributed by atoms with Crippen LogP contribution in [0.25, 0.3) is 11.0 Å². The molecule has 0 unspecified atom stereocenters. The first-order valence-electron chi connectivity index (χ1n) is 7.37. The minimum Gasteiger partial charge on any atom is -0.383 e. The number of rotatable bonds is 7. The highest BCUT2D eigenvalue weighted by molar-refractivity contribution is 9.10. The van der Waals surface area contributed by atoms with E-state index < -0.39 is 0 Å². The molecule has 21 heavy (non-hydrogen) atoms. The fraction of sp³-hybridized carbons (Fsp3) is 0.500. The second-order valence-electron chi connectivity index (χ2n) is 5.01. The van der Waals surface area contributed by atoms with Crippen LogP contribution in [-0.4, -0.2) is 36.3 Å². The molecule has 0 aliphatic carbocycles. The lowest BCUT2D eigenvalue weighted by Gasteiger charge is -2.32. The fourth-order valence-corrected chi connectivity index (χ4v) is 2.96. The van der Waals surface area contributed by atoms with Gasteiger partial charge >= 0.3 is 0 Å². The summed E-state index contributed by atoms with van der Waals surface area (Å²) >= 11 is 3.46. The first kappa shape index (κ1) is 16.2. The minimum absolute atomic E-state index is 0.483. The van der Waals surface area contributed by atoms with E-state index in [1.54, 1.807) is 7.11 Å². The Morgan fingerprint density at radius 1 is 1.29 bits per heavy atom. The standard InChI is InChI=1S/C16H22BrN3O/c1-4-13(5-2)20(8-9-21-3)15-6-7-18-14-10-12(17)11-19-16(14)15/h6-7,10-11,13H,4-5,8-9H2,1-3H3. The third-order valence-corrected chi connectivity index (χ3v) is 4.19. The molecule has 2 aromatic heterocycles. The SMILES string of the molecule is CCC(CC)N(CCOC)c1ccnc2cc(Br)cnc12. The van der Waals surface area contributed by atoms with Gasteiger partial charge in [-0.3, -0.25) is 9.97 Å². The maximum atomic E-state index is 5.28. The van der Waals surface area contributed by atoms with Crippen molar-refractivity contribution in [1.29, 1.82) is 0 Å². The van der Waals surface area contributed by atoms with Crippen molar-refractivity contribution in [3.63, 3.8) is 0 Å².